The van der Waals surface area contributed by atoms with Crippen molar-refractivity contribution in [2.75, 3.05) is 195 Å². The van der Waals surface area contributed by atoms with Crippen molar-refractivity contribution in [2.45, 2.75) is 138 Å². The van der Waals surface area contributed by atoms with Crippen LogP contribution in [-0.2, 0) is 95.1 Å². The average Bonchev–Trinajstić information content (AvgIpc) is 0.771. The van der Waals surface area contributed by atoms with Crippen LogP contribution in [0.4, 0.5) is 0 Å². The number of aliphatic carboxylic acids is 2. The molecule has 682 valence electrons. The minimum absolute atomic E-state index is 0.0983. The number of rotatable bonds is 67. The lowest BCUT2D eigenvalue weighted by Crippen LogP contribution is -2.68. The first-order valence-electron chi connectivity index (χ1n) is 41.1. The van der Waals surface area contributed by atoms with Gasteiger partial charge in [0.25, 0.3) is 23.4 Å². The maximum absolute atomic E-state index is 13.0. The molecule has 4 aromatic rings. The highest BCUT2D eigenvalue weighted by Crippen LogP contribution is 2.36. The van der Waals surface area contributed by atoms with Crippen molar-refractivity contribution < 1.29 is 146 Å². The van der Waals surface area contributed by atoms with Gasteiger partial charge < -0.3 is 139 Å². The van der Waals surface area contributed by atoms with Crippen LogP contribution in [-0.4, -0.2) is 355 Å². The fraction of sp³-hybridized carbons (Fsp3) is 0.619. The van der Waals surface area contributed by atoms with E-state index < -0.39 is 134 Å². The predicted molar refractivity (Wildman–Crippen MR) is 448 cm³/mol. The molecule has 2 heterocycles. The number of carboxylic acids is 2. The summed E-state index contributed by atoms with van der Waals surface area (Å²) in [5, 5.41) is 103. The lowest BCUT2D eigenvalue weighted by molar-refractivity contribution is -0.310. The van der Waals surface area contributed by atoms with Gasteiger partial charge in [-0.05, 0) is 83.7 Å². The van der Waals surface area contributed by atoms with E-state index in [1.54, 1.807) is 72.1 Å². The molecular weight excluding hydrogens is 1640 g/mol. The van der Waals surface area contributed by atoms with Gasteiger partial charge in [-0.1, -0.05) is 84.9 Å². The van der Waals surface area contributed by atoms with E-state index in [1.165, 1.54) is 13.8 Å². The predicted octanol–water partition coefficient (Wildman–Crippen LogP) is 1.73. The second kappa shape index (κ2) is 60.2. The molecule has 0 aliphatic carbocycles. The van der Waals surface area contributed by atoms with E-state index in [4.69, 9.17) is 66.3 Å². The highest BCUT2D eigenvalue weighted by molar-refractivity contribution is 7.99. The van der Waals surface area contributed by atoms with E-state index in [0.29, 0.717) is 218 Å². The van der Waals surface area contributed by atoms with Crippen LogP contribution in [0.3, 0.4) is 0 Å². The van der Waals surface area contributed by atoms with Crippen LogP contribution in [0.5, 0.6) is 0 Å². The number of carbonyl (C=O) groups excluding carboxylic acids is 6. The maximum Gasteiger partial charge on any atom is 0.364 e. The summed E-state index contributed by atoms with van der Waals surface area (Å²) >= 11 is 3.09. The van der Waals surface area contributed by atoms with E-state index in [2.05, 4.69) is 31.9 Å². The van der Waals surface area contributed by atoms with Crippen molar-refractivity contribution in [2.24, 2.45) is 0 Å². The summed E-state index contributed by atoms with van der Waals surface area (Å²) in [5.74, 6) is -8.14. The summed E-state index contributed by atoms with van der Waals surface area (Å²) in [6.07, 6.45) is -12.3. The third kappa shape index (κ3) is 39.8. The summed E-state index contributed by atoms with van der Waals surface area (Å²) in [4.78, 5) is 99.9. The number of ether oxygens (including phenoxy) is 14. The molecule has 122 heavy (non-hydrogen) atoms. The van der Waals surface area contributed by atoms with Gasteiger partial charge in [-0.3, -0.25) is 28.8 Å². The quantitative estimate of drug-likeness (QED) is 0.0280. The first kappa shape index (κ1) is 103. The van der Waals surface area contributed by atoms with Crippen LogP contribution < -0.4 is 31.9 Å². The Labute approximate surface area is 719 Å². The van der Waals surface area contributed by atoms with Gasteiger partial charge in [0, 0.05) is 88.3 Å². The van der Waals surface area contributed by atoms with E-state index in [1.807, 2.05) is 60.7 Å². The Hall–Kier alpha value is -7.46. The molecule has 2 saturated heterocycles. The zero-order chi connectivity index (χ0) is 88.0. The highest BCUT2D eigenvalue weighted by atomic mass is 32.2. The van der Waals surface area contributed by atoms with Gasteiger partial charge in [-0.2, -0.15) is 23.5 Å². The maximum atomic E-state index is 13.0. The highest BCUT2D eigenvalue weighted by Gasteiger charge is 2.57. The molecule has 2 fully saturated rings. The normalized spacial score (nSPS) is 19.9. The smallest absolute Gasteiger partial charge is 0.364 e. The number of amides is 6. The van der Waals surface area contributed by atoms with Crippen LogP contribution in [0.25, 0.3) is 22.3 Å². The number of carboxylic acid groups (broad SMARTS) is 2. The van der Waals surface area contributed by atoms with Gasteiger partial charge in [-0.15, -0.1) is 0 Å². The monoisotopic (exact) mass is 1760 g/mol. The summed E-state index contributed by atoms with van der Waals surface area (Å²) in [7, 11) is 0. The Kier molecular flexibility index (Phi) is 51.0. The van der Waals surface area contributed by atoms with Gasteiger partial charge in [0.2, 0.25) is 23.6 Å². The molecule has 0 aromatic heterocycles. The Morgan fingerprint density at radius 3 is 0.984 bits per heavy atom. The first-order valence-corrected chi connectivity index (χ1v) is 43.4. The van der Waals surface area contributed by atoms with Crippen LogP contribution in [0.15, 0.2) is 109 Å². The van der Waals surface area contributed by atoms with Crippen LogP contribution in [0.1, 0.15) is 85.9 Å². The second-order valence-corrected chi connectivity index (χ2v) is 30.8. The van der Waals surface area contributed by atoms with Crippen LogP contribution in [0.2, 0.25) is 0 Å². The van der Waals surface area contributed by atoms with Crippen molar-refractivity contribution in [3.63, 3.8) is 0 Å². The number of thioether (sulfide) groups is 2. The minimum Gasteiger partial charge on any atom is -0.477 e. The number of carbonyl (C=O) groups is 8. The fourth-order valence-electron chi connectivity index (χ4n) is 12.5. The standard InChI is InChI=1S/C84H124N6O30S2/c1-59(91)89-73-67(93)55-83(81(103)104,119-77(73)75(99)69(95)57-87-79(101)65-23-19-63(20-24-65)61-13-5-3-6-14-61)117-29-11-51-121-53-49-115-47-45-113-43-41-111-39-37-109-35-33-107-31-27-85-71(97)17-9-10-18-72(98)86-28-32-108-34-36-110-38-40-112-42-44-114-46-48-116-50-54-122-52-12-30-118-84(82(105)106)56-68(94)74(90-60(2)92)78(120-84)76(100)70(96)58-88-80(102)66-25-21-64(22-26-66)62-15-7-4-8-16-62/h3-8,13-16,19-26,67-70,73-78,93-96,99-100H,9-12,17-18,27-58H2,1-2H3,(H,85,97)(H,86,98)(H,87,101)(H,88,102)(H,89,91)(H,90,92)(H,103,104)(H,105,106)/t67-,68-,69+,70+,73+,74+,75+,76+,77+,78+,83+,84+/m0/s1. The molecule has 0 spiro atoms. The van der Waals surface area contributed by atoms with Gasteiger partial charge in [0.15, 0.2) is 0 Å². The SMILES string of the molecule is CC(=O)N[C@H]1[C@H]([C@H](O)[C@H](O)CNC(=O)c2ccc(-c3ccccc3)cc2)O[C@@](OCCCSCCOCCOCCOCCOCCOCCNC(=O)CCCCC(=O)NCCOCCOCCOCCOCCOCCSCCCO[C@]2(C(=O)O)C[C@H](O)[C@@H](NC(C)=O)[C@H]([C@H](O)[C@H](O)CNC(=O)c3ccc(-c4ccccc4)cc3)O2)(C(=O)O)C[C@@H]1O. The van der Waals surface area contributed by atoms with Gasteiger partial charge in [-0.25, -0.2) is 9.59 Å². The molecule has 0 saturated carbocycles. The van der Waals surface area contributed by atoms with Crippen LogP contribution in [0, 0.1) is 0 Å². The molecule has 0 unspecified atom stereocenters. The first-order chi connectivity index (χ1) is 59.0. The molecule has 36 nitrogen and oxygen atoms in total. The molecule has 12 atom stereocenters. The Morgan fingerprint density at radius 1 is 0.385 bits per heavy atom. The van der Waals surface area contributed by atoms with Gasteiger partial charge >= 0.3 is 11.9 Å². The number of hydrogen-bond acceptors (Lipinski definition) is 30. The molecule has 2 aliphatic heterocycles. The van der Waals surface area contributed by atoms with E-state index in [-0.39, 0.29) is 25.0 Å². The van der Waals surface area contributed by atoms with Gasteiger partial charge in [0.05, 0.1) is 182 Å². The number of benzene rings is 4. The number of aliphatic hydroxyl groups excluding tert-OH is 6. The largest absolute Gasteiger partial charge is 0.477 e. The Balaban J connectivity index is 0.635. The molecule has 0 radical (unpaired) electrons. The van der Waals surface area contributed by atoms with Gasteiger partial charge in [0.1, 0.15) is 24.4 Å². The van der Waals surface area contributed by atoms with Crippen molar-refractivity contribution >= 4 is 70.9 Å². The van der Waals surface area contributed by atoms with Crippen molar-refractivity contribution in [3.8, 4) is 22.3 Å². The number of nitrogens with one attached hydrogen (secondary N) is 6. The Bertz CT molecular complexity index is 3380. The summed E-state index contributed by atoms with van der Waals surface area (Å²) < 4.78 is 78.8. The lowest BCUT2D eigenvalue weighted by Gasteiger charge is -2.46. The molecule has 0 bridgehead atoms. The third-order valence-electron chi connectivity index (χ3n) is 18.9. The number of unbranched alkanes of at least 4 members (excludes halogenated alkanes) is 1. The molecule has 14 N–H and O–H groups in total. The summed E-state index contributed by atoms with van der Waals surface area (Å²) in [6.45, 7) is 9.22. The van der Waals surface area contributed by atoms with Crippen molar-refractivity contribution in [1.29, 1.82) is 0 Å². The molecule has 4 aromatic carbocycles. The Morgan fingerprint density at radius 2 is 0.680 bits per heavy atom. The zero-order valence-electron chi connectivity index (χ0n) is 69.4. The summed E-state index contributed by atoms with van der Waals surface area (Å²) in [6, 6.07) is 30.0. The van der Waals surface area contributed by atoms with E-state index in [0.717, 1.165) is 22.3 Å². The third-order valence-corrected chi connectivity index (χ3v) is 21.0. The van der Waals surface area contributed by atoms with Crippen LogP contribution >= 0.6 is 23.5 Å². The second-order valence-electron chi connectivity index (χ2n) is 28.4. The number of hydrogen-bond donors (Lipinski definition) is 14. The lowest BCUT2D eigenvalue weighted by atomic mass is 9.88. The topological polar surface area (TPSA) is 500 Å². The molecule has 6 amide bonds. The summed E-state index contributed by atoms with van der Waals surface area (Å²) in [5.41, 5.74) is 4.28. The molecule has 6 rings (SSSR count). The zero-order valence-corrected chi connectivity index (χ0v) is 71.0. The molecular formula is C84H124N6O30S2. The molecule has 2 aliphatic rings. The minimum atomic E-state index is -2.42. The van der Waals surface area contributed by atoms with Crippen molar-refractivity contribution in [1.82, 2.24) is 31.9 Å². The van der Waals surface area contributed by atoms with E-state index in [9.17, 15) is 79.2 Å². The van der Waals surface area contributed by atoms with Crippen molar-refractivity contribution in [3.05, 3.63) is 120 Å². The number of aliphatic hydroxyl groups is 6. The molecule has 38 heteroatoms. The van der Waals surface area contributed by atoms with E-state index >= 15 is 0 Å². The fourth-order valence-corrected chi connectivity index (χ4v) is 14.1. The average molecular weight is 1760 g/mol.